The molecule has 0 saturated carbocycles. The number of anilines is 1. The Kier molecular flexibility index (Phi) is 6.78. The van der Waals surface area contributed by atoms with E-state index in [9.17, 15) is 18.0 Å². The number of sulfonamides is 1. The number of carbonyl (C=O) groups is 2. The minimum Gasteiger partial charge on any atom is -0.336 e. The average molecular weight is 484 g/mol. The van der Waals surface area contributed by atoms with Gasteiger partial charge in [0, 0.05) is 43.0 Å². The van der Waals surface area contributed by atoms with Crippen molar-refractivity contribution in [1.29, 1.82) is 0 Å². The summed E-state index contributed by atoms with van der Waals surface area (Å²) in [6.07, 6.45) is 0. The fourth-order valence-electron chi connectivity index (χ4n) is 3.60. The molecule has 3 aromatic rings. The van der Waals surface area contributed by atoms with Gasteiger partial charge in [-0.05, 0) is 48.5 Å². The summed E-state index contributed by atoms with van der Waals surface area (Å²) < 4.78 is 27.1. The normalized spacial score (nSPS) is 14.6. The van der Waals surface area contributed by atoms with Crippen LogP contribution in [0, 0.1) is 0 Å². The van der Waals surface area contributed by atoms with E-state index in [1.165, 1.54) is 10.4 Å². The smallest absolute Gasteiger partial charge is 0.255 e. The van der Waals surface area contributed by atoms with Crippen molar-refractivity contribution in [2.75, 3.05) is 31.5 Å². The van der Waals surface area contributed by atoms with Crippen LogP contribution in [0.15, 0.2) is 83.8 Å². The van der Waals surface area contributed by atoms with Crippen LogP contribution in [-0.4, -0.2) is 55.6 Å². The molecule has 4 rings (SSSR count). The number of hydrogen-bond donors (Lipinski definition) is 1. The zero-order valence-corrected chi connectivity index (χ0v) is 19.2. The van der Waals surface area contributed by atoms with Gasteiger partial charge in [0.1, 0.15) is 4.90 Å². The van der Waals surface area contributed by atoms with Crippen molar-refractivity contribution in [2.24, 2.45) is 0 Å². The highest BCUT2D eigenvalue weighted by molar-refractivity contribution is 7.89. The first-order valence-electron chi connectivity index (χ1n) is 10.4. The van der Waals surface area contributed by atoms with Gasteiger partial charge in [-0.3, -0.25) is 9.59 Å². The van der Waals surface area contributed by atoms with Crippen molar-refractivity contribution in [1.82, 2.24) is 9.21 Å². The topological polar surface area (TPSA) is 86.8 Å². The van der Waals surface area contributed by atoms with E-state index in [0.717, 1.165) is 0 Å². The van der Waals surface area contributed by atoms with Gasteiger partial charge < -0.3 is 10.2 Å². The van der Waals surface area contributed by atoms with Crippen LogP contribution < -0.4 is 5.32 Å². The van der Waals surface area contributed by atoms with E-state index in [1.807, 2.05) is 6.07 Å². The van der Waals surface area contributed by atoms with Crippen LogP contribution in [0.1, 0.15) is 20.7 Å². The fraction of sp³-hybridized carbons (Fsp3) is 0.167. The lowest BCUT2D eigenvalue weighted by molar-refractivity contribution is 0.0698. The molecule has 0 bridgehead atoms. The van der Waals surface area contributed by atoms with E-state index < -0.39 is 10.0 Å². The summed E-state index contributed by atoms with van der Waals surface area (Å²) in [5.41, 5.74) is 1.59. The maximum absolute atomic E-state index is 12.9. The molecule has 1 aliphatic heterocycles. The third-order valence-corrected chi connectivity index (χ3v) is 7.80. The Hall–Kier alpha value is -3.20. The molecule has 0 spiro atoms. The molecule has 170 valence electrons. The number of halogens is 1. The average Bonchev–Trinajstić information content (AvgIpc) is 2.85. The summed E-state index contributed by atoms with van der Waals surface area (Å²) in [4.78, 5) is 26.8. The van der Waals surface area contributed by atoms with Crippen LogP contribution in [0.2, 0.25) is 5.02 Å². The van der Waals surface area contributed by atoms with E-state index in [-0.39, 0.29) is 47.9 Å². The predicted octanol–water partition coefficient (Wildman–Crippen LogP) is 3.74. The molecule has 9 heteroatoms. The van der Waals surface area contributed by atoms with Crippen LogP contribution in [-0.2, 0) is 10.0 Å². The van der Waals surface area contributed by atoms with Gasteiger partial charge in [-0.25, -0.2) is 8.42 Å². The summed E-state index contributed by atoms with van der Waals surface area (Å²) in [5.74, 6) is -0.420. The monoisotopic (exact) mass is 483 g/mol. The van der Waals surface area contributed by atoms with Crippen molar-refractivity contribution in [3.63, 3.8) is 0 Å². The molecule has 1 N–H and O–H groups in total. The van der Waals surface area contributed by atoms with Crippen molar-refractivity contribution in [2.45, 2.75) is 4.90 Å². The van der Waals surface area contributed by atoms with Gasteiger partial charge in [0.05, 0.1) is 5.02 Å². The third kappa shape index (κ3) is 5.08. The zero-order valence-electron chi connectivity index (χ0n) is 17.6. The highest BCUT2D eigenvalue weighted by Crippen LogP contribution is 2.25. The van der Waals surface area contributed by atoms with Gasteiger partial charge >= 0.3 is 0 Å². The first-order valence-corrected chi connectivity index (χ1v) is 12.2. The number of amides is 2. The number of nitrogens with one attached hydrogen (secondary N) is 1. The highest BCUT2D eigenvalue weighted by atomic mass is 35.5. The second-order valence-electron chi connectivity index (χ2n) is 7.52. The van der Waals surface area contributed by atoms with Gasteiger partial charge in [-0.2, -0.15) is 4.31 Å². The molecule has 0 aromatic heterocycles. The van der Waals surface area contributed by atoms with Crippen LogP contribution >= 0.6 is 11.6 Å². The van der Waals surface area contributed by atoms with Crippen molar-refractivity contribution in [3.8, 4) is 0 Å². The largest absolute Gasteiger partial charge is 0.336 e. The molecule has 2 amide bonds. The number of hydrogen-bond acceptors (Lipinski definition) is 4. The molecule has 1 aliphatic rings. The maximum Gasteiger partial charge on any atom is 0.255 e. The number of nitrogens with zero attached hydrogens (tertiary/aromatic N) is 2. The van der Waals surface area contributed by atoms with Gasteiger partial charge in [0.2, 0.25) is 10.0 Å². The summed E-state index contributed by atoms with van der Waals surface area (Å²) in [5, 5.41) is 2.97. The highest BCUT2D eigenvalue weighted by Gasteiger charge is 2.31. The second-order valence-corrected chi connectivity index (χ2v) is 9.84. The fourth-order valence-corrected chi connectivity index (χ4v) is 5.51. The quantitative estimate of drug-likeness (QED) is 0.599. The Labute approximate surface area is 197 Å². The molecule has 0 atom stereocenters. The lowest BCUT2D eigenvalue weighted by atomic mass is 10.1. The Bertz CT molecular complexity index is 1260. The van der Waals surface area contributed by atoms with E-state index in [0.29, 0.717) is 16.8 Å². The van der Waals surface area contributed by atoms with Crippen molar-refractivity contribution < 1.29 is 18.0 Å². The summed E-state index contributed by atoms with van der Waals surface area (Å²) in [6, 6.07) is 21.8. The molecular formula is C24H22ClN3O4S. The lowest BCUT2D eigenvalue weighted by Gasteiger charge is -2.34. The van der Waals surface area contributed by atoms with E-state index in [2.05, 4.69) is 5.32 Å². The van der Waals surface area contributed by atoms with Crippen LogP contribution in [0.3, 0.4) is 0 Å². The molecule has 0 aliphatic carbocycles. The number of piperazine rings is 1. The van der Waals surface area contributed by atoms with Crippen LogP contribution in [0.5, 0.6) is 0 Å². The Balaban J connectivity index is 1.37. The number of rotatable bonds is 5. The Morgan fingerprint density at radius 3 is 2.00 bits per heavy atom. The molecule has 1 fully saturated rings. The van der Waals surface area contributed by atoms with Crippen molar-refractivity contribution in [3.05, 3.63) is 95.0 Å². The minimum atomic E-state index is -3.72. The van der Waals surface area contributed by atoms with Gasteiger partial charge in [0.15, 0.2) is 0 Å². The molecule has 1 saturated heterocycles. The Morgan fingerprint density at radius 2 is 1.36 bits per heavy atom. The van der Waals surface area contributed by atoms with E-state index in [4.69, 9.17) is 11.6 Å². The molecule has 0 radical (unpaired) electrons. The Morgan fingerprint density at radius 1 is 0.758 bits per heavy atom. The lowest BCUT2D eigenvalue weighted by Crippen LogP contribution is -2.50. The molecule has 0 unspecified atom stereocenters. The minimum absolute atomic E-state index is 0.0691. The summed E-state index contributed by atoms with van der Waals surface area (Å²) in [7, 11) is -3.72. The van der Waals surface area contributed by atoms with Crippen LogP contribution in [0.4, 0.5) is 5.69 Å². The predicted molar refractivity (Wildman–Crippen MR) is 127 cm³/mol. The SMILES string of the molecule is O=C(Nc1ccc(C(=O)N2CCN(S(=O)(=O)c3ccccc3Cl)CC2)cc1)c1ccccc1. The van der Waals surface area contributed by atoms with Crippen LogP contribution in [0.25, 0.3) is 0 Å². The first-order chi connectivity index (χ1) is 15.9. The maximum atomic E-state index is 12.9. The second kappa shape index (κ2) is 9.74. The first kappa shape index (κ1) is 23.0. The molecule has 7 nitrogen and oxygen atoms in total. The molecule has 1 heterocycles. The van der Waals surface area contributed by atoms with E-state index >= 15 is 0 Å². The molecular weight excluding hydrogens is 462 g/mol. The zero-order chi connectivity index (χ0) is 23.4. The summed E-state index contributed by atoms with van der Waals surface area (Å²) >= 11 is 6.07. The standard InChI is InChI=1S/C24H22ClN3O4S/c25-21-8-4-5-9-22(21)33(31,32)28-16-14-27(15-17-28)24(30)19-10-12-20(13-11-19)26-23(29)18-6-2-1-3-7-18/h1-13H,14-17H2,(H,26,29). The van der Waals surface area contributed by atoms with Gasteiger partial charge in [-0.15, -0.1) is 0 Å². The third-order valence-electron chi connectivity index (χ3n) is 5.41. The van der Waals surface area contributed by atoms with Gasteiger partial charge in [0.25, 0.3) is 11.8 Å². The number of benzene rings is 3. The summed E-state index contributed by atoms with van der Waals surface area (Å²) in [6.45, 7) is 0.916. The molecule has 33 heavy (non-hydrogen) atoms. The van der Waals surface area contributed by atoms with Crippen molar-refractivity contribution >= 4 is 39.1 Å². The number of carbonyl (C=O) groups excluding carboxylic acids is 2. The molecule has 3 aromatic carbocycles. The van der Waals surface area contributed by atoms with E-state index in [1.54, 1.807) is 71.6 Å². The van der Waals surface area contributed by atoms with Gasteiger partial charge in [-0.1, -0.05) is 41.9 Å².